The van der Waals surface area contributed by atoms with E-state index in [4.69, 9.17) is 15.0 Å². The van der Waals surface area contributed by atoms with Gasteiger partial charge in [-0.15, -0.1) is 0 Å². The Morgan fingerprint density at radius 3 is 0.833 bits per heavy atom. The lowest BCUT2D eigenvalue weighted by molar-refractivity contribution is 0.949. The zero-order valence-electron chi connectivity index (χ0n) is 30.8. The van der Waals surface area contributed by atoms with Crippen molar-refractivity contribution in [3.8, 4) is 34.2 Å². The Hall–Kier alpha value is -5.30. The molecule has 4 heterocycles. The summed E-state index contributed by atoms with van der Waals surface area (Å²) in [5.74, 6) is 2.08. The summed E-state index contributed by atoms with van der Waals surface area (Å²) in [7, 11) is 0. The molecule has 9 heteroatoms. The van der Waals surface area contributed by atoms with Gasteiger partial charge in [-0.1, -0.05) is 54.6 Å². The van der Waals surface area contributed by atoms with Crippen LogP contribution in [0.25, 0.3) is 66.5 Å². The lowest BCUT2D eigenvalue weighted by Crippen LogP contribution is -2.17. The zero-order valence-corrected chi connectivity index (χ0v) is 30.8. The summed E-state index contributed by atoms with van der Waals surface area (Å²) in [5, 5.41) is 7.30. The largest absolute Gasteiger partial charge is 0.372 e. The third-order valence-electron chi connectivity index (χ3n) is 11.3. The molecule has 3 aliphatic rings. The van der Waals surface area contributed by atoms with Crippen molar-refractivity contribution >= 4 is 74.6 Å². The van der Waals surface area contributed by atoms with Gasteiger partial charge < -0.3 is 14.7 Å². The Bertz CT molecular complexity index is 2150. The van der Waals surface area contributed by atoms with Crippen LogP contribution in [0.1, 0.15) is 38.5 Å². The van der Waals surface area contributed by atoms with Crippen LogP contribution in [0.4, 0.5) is 17.1 Å². The van der Waals surface area contributed by atoms with Crippen LogP contribution in [0.15, 0.2) is 109 Å². The van der Waals surface area contributed by atoms with Crippen molar-refractivity contribution in [2.45, 2.75) is 38.5 Å². The number of hydrogen-bond acceptors (Lipinski definition) is 6. The van der Waals surface area contributed by atoms with Gasteiger partial charge >= 0.3 is 0 Å². The quantitative estimate of drug-likeness (QED) is 0.162. The van der Waals surface area contributed by atoms with Crippen LogP contribution >= 0.6 is 0 Å². The molecule has 3 aliphatic heterocycles. The molecule has 1 aromatic heterocycles. The smallest absolute Gasteiger partial charge is 0.164 e. The first kappa shape index (κ1) is 37.0. The van der Waals surface area contributed by atoms with Crippen LogP contribution < -0.4 is 14.7 Å². The molecule has 261 valence electrons. The van der Waals surface area contributed by atoms with Crippen molar-refractivity contribution in [2.75, 3.05) is 54.0 Å². The van der Waals surface area contributed by atoms with Crippen LogP contribution in [0.2, 0.25) is 0 Å². The maximum absolute atomic E-state index is 5.19. The third-order valence-corrected chi connectivity index (χ3v) is 11.3. The number of aromatic nitrogens is 3. The fourth-order valence-electron chi connectivity index (χ4n) is 8.40. The van der Waals surface area contributed by atoms with E-state index >= 15 is 0 Å². The highest BCUT2D eigenvalue weighted by atomic mass is 15.2. The summed E-state index contributed by atoms with van der Waals surface area (Å²) < 4.78 is 0. The molecule has 0 spiro atoms. The topological polar surface area (TPSA) is 48.4 Å². The molecule has 0 aliphatic carbocycles. The van der Waals surface area contributed by atoms with Gasteiger partial charge in [-0.2, -0.15) is 0 Å². The number of benzene rings is 6. The summed E-state index contributed by atoms with van der Waals surface area (Å²) in [6.45, 7) is 6.76. The molecule has 0 N–H and O–H groups in total. The second kappa shape index (κ2) is 15.6. The van der Waals surface area contributed by atoms with Crippen LogP contribution in [-0.4, -0.2) is 79.5 Å². The highest BCUT2D eigenvalue weighted by Crippen LogP contribution is 2.34. The number of rotatable bonds is 6. The van der Waals surface area contributed by atoms with E-state index in [1.807, 2.05) is 0 Å². The average molecular weight is 699 g/mol. The predicted octanol–water partition coefficient (Wildman–Crippen LogP) is 8.99. The summed E-state index contributed by atoms with van der Waals surface area (Å²) in [6, 6.07) is 40.3. The van der Waals surface area contributed by atoms with Crippen molar-refractivity contribution in [1.29, 1.82) is 0 Å². The second-order valence-electron chi connectivity index (χ2n) is 14.6. The molecule has 3 saturated heterocycles. The molecule has 54 heavy (non-hydrogen) atoms. The Balaban J connectivity index is 0.00000150. The van der Waals surface area contributed by atoms with Gasteiger partial charge in [0.1, 0.15) is 0 Å². The van der Waals surface area contributed by atoms with Crippen molar-refractivity contribution in [2.24, 2.45) is 0 Å². The molecule has 6 nitrogen and oxygen atoms in total. The van der Waals surface area contributed by atoms with E-state index in [0.717, 1.165) is 56.0 Å². The van der Waals surface area contributed by atoms with Gasteiger partial charge in [-0.05, 0) is 125 Å². The van der Waals surface area contributed by atoms with Gasteiger partial charge in [-0.3, -0.25) is 0 Å². The molecule has 0 saturated carbocycles. The predicted molar refractivity (Wildman–Crippen MR) is 230 cm³/mol. The molecule has 0 amide bonds. The molecule has 0 atom stereocenters. The monoisotopic (exact) mass is 699 g/mol. The Morgan fingerprint density at radius 1 is 0.296 bits per heavy atom. The number of nitrogens with zero attached hydrogens (tertiary/aromatic N) is 6. The SMILES string of the molecule is [B].[B].[B].c1cc2ccc(N3CCCC3)cc2cc1-c1nc(-c2ccc3ccc(N4CCCC4)cc3c2)nc(-c2ccc3ccc(N4CCCC4)cc3c2)n1. The summed E-state index contributed by atoms with van der Waals surface area (Å²) in [4.78, 5) is 23.1. The molecule has 3 fully saturated rings. The Labute approximate surface area is 324 Å². The van der Waals surface area contributed by atoms with E-state index in [1.165, 1.54) is 87.9 Å². The molecule has 0 unspecified atom stereocenters. The molecule has 6 aromatic carbocycles. The van der Waals surface area contributed by atoms with Crippen molar-refractivity contribution in [3.63, 3.8) is 0 Å². The van der Waals surface area contributed by atoms with E-state index in [-0.39, 0.29) is 25.2 Å². The second-order valence-corrected chi connectivity index (χ2v) is 14.6. The first-order valence-electron chi connectivity index (χ1n) is 18.8. The van der Waals surface area contributed by atoms with Crippen LogP contribution in [-0.2, 0) is 0 Å². The van der Waals surface area contributed by atoms with Crippen molar-refractivity contribution in [1.82, 2.24) is 15.0 Å². The van der Waals surface area contributed by atoms with Gasteiger partial charge in [0.05, 0.1) is 0 Å². The van der Waals surface area contributed by atoms with Gasteiger partial charge in [0, 0.05) is 98.3 Å². The highest BCUT2D eigenvalue weighted by Gasteiger charge is 2.18. The normalized spacial score (nSPS) is 15.4. The van der Waals surface area contributed by atoms with Crippen LogP contribution in [0.5, 0.6) is 0 Å². The maximum atomic E-state index is 5.19. The number of hydrogen-bond donors (Lipinski definition) is 0. The van der Waals surface area contributed by atoms with Crippen LogP contribution in [0, 0.1) is 0 Å². The van der Waals surface area contributed by atoms with E-state index in [2.05, 4.69) is 124 Å². The standard InChI is InChI=1S/C45H42N6.3B/c1-2-20-49(19-1)40-16-13-31-7-10-34(25-37(31)28-40)43-46-44(35-11-8-32-14-17-41(29-38(32)26-35)50-21-3-4-22-50)48-45(47-43)36-12-9-33-15-18-42(30-39(33)27-36)51-23-5-6-24-51;;;/h7-18,25-30H,1-6,19-24H2;;;. The van der Waals surface area contributed by atoms with E-state index in [0.29, 0.717) is 17.5 Å². The lowest BCUT2D eigenvalue weighted by atomic mass is 10.0. The Morgan fingerprint density at radius 2 is 0.556 bits per heavy atom. The Kier molecular flexibility index (Phi) is 10.7. The molecule has 7 aromatic rings. The summed E-state index contributed by atoms with van der Waals surface area (Å²) >= 11 is 0. The van der Waals surface area contributed by atoms with Crippen molar-refractivity contribution in [3.05, 3.63) is 109 Å². The molecular weight excluding hydrogens is 657 g/mol. The molecule has 0 bridgehead atoms. The summed E-state index contributed by atoms with van der Waals surface area (Å²) in [6.07, 6.45) is 7.57. The molecule has 9 radical (unpaired) electrons. The minimum atomic E-state index is 0. The van der Waals surface area contributed by atoms with Gasteiger partial charge in [0.25, 0.3) is 0 Å². The number of fused-ring (bicyclic) bond motifs is 3. The minimum absolute atomic E-state index is 0. The maximum Gasteiger partial charge on any atom is 0.164 e. The van der Waals surface area contributed by atoms with Crippen LogP contribution in [0.3, 0.4) is 0 Å². The first-order chi connectivity index (χ1) is 25.2. The highest BCUT2D eigenvalue weighted by molar-refractivity contribution is 5.92. The summed E-state index contributed by atoms with van der Waals surface area (Å²) in [5.41, 5.74) is 6.88. The third kappa shape index (κ3) is 7.04. The zero-order chi connectivity index (χ0) is 33.7. The molecule has 10 rings (SSSR count). The molecular formula is C45H42B3N6. The average Bonchev–Trinajstić information content (AvgIpc) is 4.02. The van der Waals surface area contributed by atoms with E-state index in [1.54, 1.807) is 0 Å². The van der Waals surface area contributed by atoms with Gasteiger partial charge in [0.15, 0.2) is 17.5 Å². The van der Waals surface area contributed by atoms with E-state index < -0.39 is 0 Å². The first-order valence-corrected chi connectivity index (χ1v) is 18.8. The van der Waals surface area contributed by atoms with E-state index in [9.17, 15) is 0 Å². The van der Waals surface area contributed by atoms with Crippen molar-refractivity contribution < 1.29 is 0 Å². The number of anilines is 3. The fraction of sp³-hybridized carbons (Fsp3) is 0.267. The van der Waals surface area contributed by atoms with Gasteiger partial charge in [0.2, 0.25) is 0 Å². The van der Waals surface area contributed by atoms with Gasteiger partial charge in [-0.25, -0.2) is 15.0 Å². The minimum Gasteiger partial charge on any atom is -0.372 e. The fourth-order valence-corrected chi connectivity index (χ4v) is 8.40. The lowest BCUT2D eigenvalue weighted by Gasteiger charge is -2.18.